The molecule has 0 saturated heterocycles. The summed E-state index contributed by atoms with van der Waals surface area (Å²) in [5, 5.41) is 0. The van der Waals surface area contributed by atoms with E-state index in [0.29, 0.717) is 5.56 Å². The molecule has 1 atom stereocenters. The van der Waals surface area contributed by atoms with E-state index in [2.05, 4.69) is 9.72 Å². The third-order valence-electron chi connectivity index (χ3n) is 4.24. The first-order valence-electron chi connectivity index (χ1n) is 8.30. The Hall–Kier alpha value is -2.50. The fourth-order valence-electron chi connectivity index (χ4n) is 2.95. The zero-order valence-electron chi connectivity index (χ0n) is 13.9. The van der Waals surface area contributed by atoms with E-state index in [4.69, 9.17) is 0 Å². The molecule has 1 saturated carbocycles. The van der Waals surface area contributed by atoms with Crippen LogP contribution in [0.4, 0.5) is 8.78 Å². The van der Waals surface area contributed by atoms with Crippen molar-refractivity contribution in [2.75, 3.05) is 0 Å². The summed E-state index contributed by atoms with van der Waals surface area (Å²) in [6.07, 6.45) is 3.83. The molecule has 0 bridgehead atoms. The summed E-state index contributed by atoms with van der Waals surface area (Å²) >= 11 is 0. The zero-order chi connectivity index (χ0) is 17.8. The molecule has 0 aliphatic heterocycles. The summed E-state index contributed by atoms with van der Waals surface area (Å²) in [5.74, 6) is 0.0332. The molecular formula is C19H20F2N2O2. The Balaban J connectivity index is 1.74. The summed E-state index contributed by atoms with van der Waals surface area (Å²) in [5.41, 5.74) is 1.50. The number of carbonyl (C=O) groups is 1. The molecule has 132 valence electrons. The van der Waals surface area contributed by atoms with Crippen molar-refractivity contribution in [1.29, 1.82) is 0 Å². The van der Waals surface area contributed by atoms with E-state index in [-0.39, 0.29) is 30.2 Å². The van der Waals surface area contributed by atoms with Gasteiger partial charge in [-0.15, -0.1) is 0 Å². The lowest BCUT2D eigenvalue weighted by Crippen LogP contribution is -2.37. The molecule has 1 heterocycles. The van der Waals surface area contributed by atoms with Crippen molar-refractivity contribution >= 4 is 5.91 Å². The second-order valence-corrected chi connectivity index (χ2v) is 6.17. The Morgan fingerprint density at radius 1 is 1.28 bits per heavy atom. The average Bonchev–Trinajstić information content (AvgIpc) is 3.40. The number of ether oxygens (including phenoxy) is 1. The van der Waals surface area contributed by atoms with Crippen LogP contribution >= 0.6 is 0 Å². The van der Waals surface area contributed by atoms with E-state index in [9.17, 15) is 13.6 Å². The van der Waals surface area contributed by atoms with Crippen molar-refractivity contribution in [1.82, 2.24) is 9.88 Å². The van der Waals surface area contributed by atoms with Gasteiger partial charge in [0.05, 0.1) is 18.2 Å². The van der Waals surface area contributed by atoms with Gasteiger partial charge in [-0.1, -0.05) is 18.2 Å². The minimum Gasteiger partial charge on any atom is -0.435 e. The van der Waals surface area contributed by atoms with Gasteiger partial charge in [-0.3, -0.25) is 9.78 Å². The molecule has 25 heavy (non-hydrogen) atoms. The predicted molar refractivity (Wildman–Crippen MR) is 89.3 cm³/mol. The average molecular weight is 346 g/mol. The van der Waals surface area contributed by atoms with Gasteiger partial charge in [0.25, 0.3) is 0 Å². The number of carbonyl (C=O) groups excluding carboxylic acids is 1. The van der Waals surface area contributed by atoms with Crippen LogP contribution in [0.3, 0.4) is 0 Å². The van der Waals surface area contributed by atoms with E-state index < -0.39 is 6.61 Å². The van der Waals surface area contributed by atoms with E-state index in [0.717, 1.165) is 18.5 Å². The van der Waals surface area contributed by atoms with Gasteiger partial charge < -0.3 is 9.64 Å². The number of aromatic nitrogens is 1. The lowest BCUT2D eigenvalue weighted by Gasteiger charge is -2.29. The Labute approximate surface area is 145 Å². The van der Waals surface area contributed by atoms with Crippen LogP contribution in [0, 0.1) is 0 Å². The Bertz CT molecular complexity index is 720. The lowest BCUT2D eigenvalue weighted by molar-refractivity contribution is -0.133. The number of benzene rings is 1. The number of halogens is 2. The number of pyridine rings is 1. The molecule has 6 heteroatoms. The molecule has 1 amide bonds. The minimum absolute atomic E-state index is 0.0325. The molecule has 0 spiro atoms. The van der Waals surface area contributed by atoms with Gasteiger partial charge in [-0.25, -0.2) is 0 Å². The first-order chi connectivity index (χ1) is 12.0. The van der Waals surface area contributed by atoms with Crippen LogP contribution in [0.5, 0.6) is 5.75 Å². The smallest absolute Gasteiger partial charge is 0.387 e. The van der Waals surface area contributed by atoms with Crippen molar-refractivity contribution in [2.24, 2.45) is 0 Å². The number of hydrogen-bond acceptors (Lipinski definition) is 3. The topological polar surface area (TPSA) is 42.4 Å². The largest absolute Gasteiger partial charge is 0.435 e. The van der Waals surface area contributed by atoms with Crippen LogP contribution in [0.1, 0.15) is 37.1 Å². The van der Waals surface area contributed by atoms with Gasteiger partial charge in [-0.05, 0) is 49.6 Å². The third kappa shape index (κ3) is 4.53. The number of alkyl halides is 2. The van der Waals surface area contributed by atoms with Crippen LogP contribution < -0.4 is 4.74 Å². The molecule has 2 aromatic rings. The molecule has 4 nitrogen and oxygen atoms in total. The first-order valence-corrected chi connectivity index (χ1v) is 8.30. The molecule has 0 unspecified atom stereocenters. The fraction of sp³-hybridized carbons (Fsp3) is 0.368. The maximum Gasteiger partial charge on any atom is 0.387 e. The lowest BCUT2D eigenvalue weighted by atomic mass is 10.1. The van der Waals surface area contributed by atoms with Crippen LogP contribution in [0.2, 0.25) is 0 Å². The van der Waals surface area contributed by atoms with Crippen LogP contribution in [-0.2, 0) is 11.2 Å². The minimum atomic E-state index is -2.88. The van der Waals surface area contributed by atoms with E-state index in [1.165, 1.54) is 12.1 Å². The summed E-state index contributed by atoms with van der Waals surface area (Å²) in [6, 6.07) is 12.1. The number of amides is 1. The molecule has 1 aromatic carbocycles. The van der Waals surface area contributed by atoms with E-state index in [1.807, 2.05) is 30.0 Å². The van der Waals surface area contributed by atoms with Gasteiger partial charge in [0.15, 0.2) is 0 Å². The third-order valence-corrected chi connectivity index (χ3v) is 4.24. The SMILES string of the molecule is C[C@H](c1ccccn1)N(C(=O)Cc1cccc(OC(F)F)c1)C1CC1. The number of nitrogens with zero attached hydrogens (tertiary/aromatic N) is 2. The maximum atomic E-state index is 12.9. The van der Waals surface area contributed by atoms with Gasteiger partial charge in [0.1, 0.15) is 5.75 Å². The molecular weight excluding hydrogens is 326 g/mol. The van der Waals surface area contributed by atoms with Crippen molar-refractivity contribution < 1.29 is 18.3 Å². The van der Waals surface area contributed by atoms with Gasteiger partial charge >= 0.3 is 6.61 Å². The number of rotatable bonds is 7. The summed E-state index contributed by atoms with van der Waals surface area (Å²) in [6.45, 7) is -0.910. The fourth-order valence-corrected chi connectivity index (χ4v) is 2.95. The Morgan fingerprint density at radius 2 is 2.08 bits per heavy atom. The van der Waals surface area contributed by atoms with Crippen molar-refractivity contribution in [3.8, 4) is 5.75 Å². The van der Waals surface area contributed by atoms with E-state index in [1.54, 1.807) is 18.3 Å². The van der Waals surface area contributed by atoms with Crippen LogP contribution in [0.15, 0.2) is 48.7 Å². The standard InChI is InChI=1S/C19H20F2N2O2/c1-13(17-7-2-3-10-22-17)23(15-8-9-15)18(24)12-14-5-4-6-16(11-14)25-19(20)21/h2-7,10-11,13,15,19H,8-9,12H2,1H3/t13-/m1/s1. The number of hydrogen-bond donors (Lipinski definition) is 0. The summed E-state index contributed by atoms with van der Waals surface area (Å²) in [4.78, 5) is 19.1. The highest BCUT2D eigenvalue weighted by Gasteiger charge is 2.36. The van der Waals surface area contributed by atoms with Gasteiger partial charge in [0.2, 0.25) is 5.91 Å². The monoisotopic (exact) mass is 346 g/mol. The molecule has 0 N–H and O–H groups in total. The Morgan fingerprint density at radius 3 is 2.72 bits per heavy atom. The summed E-state index contributed by atoms with van der Waals surface area (Å²) < 4.78 is 29.1. The molecule has 1 aromatic heterocycles. The zero-order valence-corrected chi connectivity index (χ0v) is 13.9. The van der Waals surface area contributed by atoms with Gasteiger partial charge in [0, 0.05) is 12.2 Å². The molecule has 1 aliphatic carbocycles. The summed E-state index contributed by atoms with van der Waals surface area (Å²) in [7, 11) is 0. The highest BCUT2D eigenvalue weighted by atomic mass is 19.3. The maximum absolute atomic E-state index is 12.9. The second-order valence-electron chi connectivity index (χ2n) is 6.17. The quantitative estimate of drug-likeness (QED) is 0.762. The second kappa shape index (κ2) is 7.59. The molecule has 1 fully saturated rings. The highest BCUT2D eigenvalue weighted by molar-refractivity contribution is 5.80. The predicted octanol–water partition coefficient (Wildman–Crippen LogP) is 3.98. The molecule has 3 rings (SSSR count). The Kier molecular flexibility index (Phi) is 5.26. The van der Waals surface area contributed by atoms with Gasteiger partial charge in [-0.2, -0.15) is 8.78 Å². The highest BCUT2D eigenvalue weighted by Crippen LogP contribution is 2.34. The van der Waals surface area contributed by atoms with Crippen molar-refractivity contribution in [3.05, 3.63) is 59.9 Å². The normalized spacial score (nSPS) is 15.0. The van der Waals surface area contributed by atoms with Crippen molar-refractivity contribution in [2.45, 2.75) is 44.9 Å². The van der Waals surface area contributed by atoms with E-state index >= 15 is 0 Å². The van der Waals surface area contributed by atoms with Crippen molar-refractivity contribution in [3.63, 3.8) is 0 Å². The molecule has 1 aliphatic rings. The van der Waals surface area contributed by atoms with Crippen LogP contribution in [-0.4, -0.2) is 28.4 Å². The first kappa shape index (κ1) is 17.3. The van der Waals surface area contributed by atoms with Crippen LogP contribution in [0.25, 0.3) is 0 Å². The molecule has 0 radical (unpaired) electrons.